The van der Waals surface area contributed by atoms with Crippen LogP contribution in [0.25, 0.3) is 0 Å². The lowest BCUT2D eigenvalue weighted by molar-refractivity contribution is 0.0194. The Kier molecular flexibility index (Phi) is 5.16. The van der Waals surface area contributed by atoms with E-state index in [1.54, 1.807) is 13.2 Å². The smallest absolute Gasteiger partial charge is 0.165 e. The van der Waals surface area contributed by atoms with E-state index in [1.807, 2.05) is 13.1 Å². The fourth-order valence-corrected chi connectivity index (χ4v) is 2.61. The summed E-state index contributed by atoms with van der Waals surface area (Å²) in [4.78, 5) is 0. The second-order valence-corrected chi connectivity index (χ2v) is 5.02. The molecule has 0 heterocycles. The molecule has 0 aromatic heterocycles. The van der Waals surface area contributed by atoms with Gasteiger partial charge in [-0.3, -0.25) is 0 Å². The van der Waals surface area contributed by atoms with Crippen LogP contribution in [-0.2, 0) is 11.3 Å². The van der Waals surface area contributed by atoms with E-state index in [-0.39, 0.29) is 18.0 Å². The van der Waals surface area contributed by atoms with Crippen LogP contribution in [0.3, 0.4) is 0 Å². The van der Waals surface area contributed by atoms with Crippen molar-refractivity contribution in [3.8, 4) is 5.75 Å². The maximum Gasteiger partial charge on any atom is 0.165 e. The molecule has 2 unspecified atom stereocenters. The van der Waals surface area contributed by atoms with Gasteiger partial charge in [-0.15, -0.1) is 0 Å². The van der Waals surface area contributed by atoms with Gasteiger partial charge >= 0.3 is 0 Å². The minimum atomic E-state index is -0.285. The van der Waals surface area contributed by atoms with E-state index in [1.165, 1.54) is 6.07 Å². The summed E-state index contributed by atoms with van der Waals surface area (Å²) in [5.41, 5.74) is 0.863. The number of methoxy groups -OCH3 is 1. The zero-order chi connectivity index (χ0) is 13.7. The molecule has 0 radical (unpaired) electrons. The second-order valence-electron chi connectivity index (χ2n) is 5.02. The third kappa shape index (κ3) is 3.67. The number of benzene rings is 1. The zero-order valence-corrected chi connectivity index (χ0v) is 11.6. The van der Waals surface area contributed by atoms with Crippen molar-refractivity contribution in [2.45, 2.75) is 44.4 Å². The van der Waals surface area contributed by atoms with Crippen molar-refractivity contribution < 1.29 is 13.9 Å². The highest BCUT2D eigenvalue weighted by molar-refractivity contribution is 5.35. The zero-order valence-electron chi connectivity index (χ0n) is 11.6. The highest BCUT2D eigenvalue weighted by Gasteiger charge is 2.24. The number of rotatable bonds is 5. The van der Waals surface area contributed by atoms with Crippen molar-refractivity contribution in [1.82, 2.24) is 5.32 Å². The van der Waals surface area contributed by atoms with Gasteiger partial charge in [0, 0.05) is 25.6 Å². The van der Waals surface area contributed by atoms with Crippen molar-refractivity contribution >= 4 is 0 Å². The number of hydrogen-bond acceptors (Lipinski definition) is 3. The van der Waals surface area contributed by atoms with Crippen molar-refractivity contribution in [2.24, 2.45) is 0 Å². The van der Waals surface area contributed by atoms with Crippen LogP contribution < -0.4 is 10.1 Å². The molecule has 1 aromatic carbocycles. The van der Waals surface area contributed by atoms with Gasteiger partial charge in [0.25, 0.3) is 0 Å². The number of halogens is 1. The molecule has 3 nitrogen and oxygen atoms in total. The predicted molar refractivity (Wildman–Crippen MR) is 72.8 cm³/mol. The van der Waals surface area contributed by atoms with E-state index in [9.17, 15) is 4.39 Å². The van der Waals surface area contributed by atoms with Gasteiger partial charge in [-0.2, -0.15) is 0 Å². The highest BCUT2D eigenvalue weighted by atomic mass is 19.1. The molecule has 0 aliphatic heterocycles. The van der Waals surface area contributed by atoms with Crippen LogP contribution in [0.15, 0.2) is 18.2 Å². The summed E-state index contributed by atoms with van der Waals surface area (Å²) < 4.78 is 25.2. The Morgan fingerprint density at radius 2 is 2.11 bits per heavy atom. The monoisotopic (exact) mass is 267 g/mol. The lowest BCUT2D eigenvalue weighted by atomic mass is 9.95. The van der Waals surface area contributed by atoms with Crippen LogP contribution in [-0.4, -0.2) is 26.4 Å². The minimum Gasteiger partial charge on any atom is -0.487 e. The summed E-state index contributed by atoms with van der Waals surface area (Å²) in [6.45, 7) is 0.605. The van der Waals surface area contributed by atoms with Gasteiger partial charge in [-0.25, -0.2) is 4.39 Å². The first-order valence-electron chi connectivity index (χ1n) is 6.86. The number of hydrogen-bond donors (Lipinski definition) is 1. The Labute approximate surface area is 114 Å². The maximum absolute atomic E-state index is 13.9. The van der Waals surface area contributed by atoms with Crippen LogP contribution in [0.2, 0.25) is 0 Å². The fraction of sp³-hybridized carbons (Fsp3) is 0.600. The molecule has 106 valence electrons. The Bertz CT molecular complexity index is 411. The van der Waals surface area contributed by atoms with Crippen molar-refractivity contribution in [2.75, 3.05) is 14.2 Å². The van der Waals surface area contributed by atoms with E-state index in [2.05, 4.69) is 5.32 Å². The van der Waals surface area contributed by atoms with E-state index >= 15 is 0 Å². The molecule has 1 fully saturated rings. The minimum absolute atomic E-state index is 0.0474. The molecule has 1 aliphatic carbocycles. The third-order valence-corrected chi connectivity index (χ3v) is 3.61. The molecule has 1 saturated carbocycles. The molecule has 0 amide bonds. The normalized spacial score (nSPS) is 23.3. The van der Waals surface area contributed by atoms with Crippen LogP contribution >= 0.6 is 0 Å². The quantitative estimate of drug-likeness (QED) is 0.890. The molecule has 1 aliphatic rings. The largest absolute Gasteiger partial charge is 0.487 e. The standard InChI is InChI=1S/C15H22FNO2/c1-17-10-11-5-3-8-14(16)15(11)19-13-7-4-6-12(9-13)18-2/h3,5,8,12-13,17H,4,6-7,9-10H2,1-2H3. The summed E-state index contributed by atoms with van der Waals surface area (Å²) >= 11 is 0. The predicted octanol–water partition coefficient (Wildman–Crippen LogP) is 2.88. The van der Waals surface area contributed by atoms with Gasteiger partial charge in [-0.1, -0.05) is 12.1 Å². The molecule has 2 rings (SSSR count). The van der Waals surface area contributed by atoms with E-state index in [4.69, 9.17) is 9.47 Å². The highest BCUT2D eigenvalue weighted by Crippen LogP contribution is 2.29. The summed E-state index contributed by atoms with van der Waals surface area (Å²) in [7, 11) is 3.57. The van der Waals surface area contributed by atoms with Crippen LogP contribution in [0.4, 0.5) is 4.39 Å². The van der Waals surface area contributed by atoms with Crippen LogP contribution in [0.1, 0.15) is 31.2 Å². The molecule has 0 spiro atoms. The van der Waals surface area contributed by atoms with Gasteiger partial charge in [0.15, 0.2) is 11.6 Å². The second kappa shape index (κ2) is 6.87. The molecule has 0 saturated heterocycles. The Morgan fingerprint density at radius 3 is 2.84 bits per heavy atom. The summed E-state index contributed by atoms with van der Waals surface area (Å²) in [5.74, 6) is 0.103. The molecule has 1 aromatic rings. The van der Waals surface area contributed by atoms with Gasteiger partial charge < -0.3 is 14.8 Å². The fourth-order valence-electron chi connectivity index (χ4n) is 2.61. The molecular weight excluding hydrogens is 245 g/mol. The average Bonchev–Trinajstić information content (AvgIpc) is 2.43. The van der Waals surface area contributed by atoms with Gasteiger partial charge in [0.1, 0.15) is 6.10 Å². The molecule has 19 heavy (non-hydrogen) atoms. The molecule has 1 N–H and O–H groups in total. The van der Waals surface area contributed by atoms with Crippen molar-refractivity contribution in [3.05, 3.63) is 29.6 Å². The van der Waals surface area contributed by atoms with E-state index < -0.39 is 0 Å². The molecule has 0 bridgehead atoms. The first-order chi connectivity index (χ1) is 9.24. The summed E-state index contributed by atoms with van der Waals surface area (Å²) in [6, 6.07) is 5.06. The lowest BCUT2D eigenvalue weighted by Crippen LogP contribution is -2.30. The van der Waals surface area contributed by atoms with Gasteiger partial charge in [0.2, 0.25) is 0 Å². The van der Waals surface area contributed by atoms with Crippen molar-refractivity contribution in [1.29, 1.82) is 0 Å². The Balaban J connectivity index is 2.09. The molecular formula is C15H22FNO2. The summed E-state index contributed by atoms with van der Waals surface area (Å²) in [5, 5.41) is 3.04. The first-order valence-corrected chi connectivity index (χ1v) is 6.86. The molecule has 2 atom stereocenters. The number of nitrogens with one attached hydrogen (secondary N) is 1. The Morgan fingerprint density at radius 1 is 1.32 bits per heavy atom. The third-order valence-electron chi connectivity index (χ3n) is 3.61. The lowest BCUT2D eigenvalue weighted by Gasteiger charge is -2.29. The maximum atomic E-state index is 13.9. The van der Waals surface area contributed by atoms with Crippen LogP contribution in [0.5, 0.6) is 5.75 Å². The van der Waals surface area contributed by atoms with Gasteiger partial charge in [-0.05, 0) is 32.4 Å². The number of ether oxygens (including phenoxy) is 2. The average molecular weight is 267 g/mol. The SMILES string of the molecule is CNCc1cccc(F)c1OC1CCCC(OC)C1. The topological polar surface area (TPSA) is 30.5 Å². The van der Waals surface area contributed by atoms with Gasteiger partial charge in [0.05, 0.1) is 6.10 Å². The summed E-state index contributed by atoms with van der Waals surface area (Å²) in [6.07, 6.45) is 4.22. The van der Waals surface area contributed by atoms with Crippen molar-refractivity contribution in [3.63, 3.8) is 0 Å². The van der Waals surface area contributed by atoms with Crippen LogP contribution in [0, 0.1) is 5.82 Å². The van der Waals surface area contributed by atoms with E-state index in [0.717, 1.165) is 31.2 Å². The Hall–Kier alpha value is -1.13. The number of para-hydroxylation sites is 1. The molecule has 4 heteroatoms. The first kappa shape index (κ1) is 14.3. The van der Waals surface area contributed by atoms with E-state index in [0.29, 0.717) is 12.3 Å².